The van der Waals surface area contributed by atoms with Crippen LogP contribution in [0.3, 0.4) is 0 Å². The zero-order chi connectivity index (χ0) is 23.0. The van der Waals surface area contributed by atoms with Crippen molar-refractivity contribution in [3.63, 3.8) is 0 Å². The monoisotopic (exact) mass is 432 g/mol. The molecule has 6 nitrogen and oxygen atoms in total. The predicted molar refractivity (Wildman–Crippen MR) is 118 cm³/mol. The van der Waals surface area contributed by atoms with Crippen LogP contribution in [-0.2, 0) is 9.59 Å². The maximum absolute atomic E-state index is 13.5. The lowest BCUT2D eigenvalue weighted by atomic mass is 9.95. The van der Waals surface area contributed by atoms with E-state index < -0.39 is 23.5 Å². The Labute approximate surface area is 184 Å². The number of carbonyl (C=O) groups is 2. The molecule has 2 aromatic carbocycles. The normalized spacial score (nSPS) is 17.6. The number of ether oxygens (including phenoxy) is 1. The second kappa shape index (κ2) is 8.26. The minimum Gasteiger partial charge on any atom is -0.507 e. The summed E-state index contributed by atoms with van der Waals surface area (Å²) < 4.78 is 18.8. The first-order valence-electron chi connectivity index (χ1n) is 9.96. The molecule has 32 heavy (non-hydrogen) atoms. The quantitative estimate of drug-likeness (QED) is 0.374. The molecule has 1 amide bonds. The lowest BCUT2D eigenvalue weighted by Crippen LogP contribution is -2.29. The number of aryl methyl sites for hydroxylation is 2. The van der Waals surface area contributed by atoms with Crippen LogP contribution in [0.15, 0.2) is 66.4 Å². The number of aromatic nitrogens is 1. The average molecular weight is 432 g/mol. The third-order valence-corrected chi connectivity index (χ3v) is 5.51. The zero-order valence-electron chi connectivity index (χ0n) is 17.8. The van der Waals surface area contributed by atoms with Crippen molar-refractivity contribution in [2.75, 3.05) is 12.0 Å². The van der Waals surface area contributed by atoms with Gasteiger partial charge in [0.1, 0.15) is 23.4 Å². The van der Waals surface area contributed by atoms with Crippen molar-refractivity contribution in [1.82, 2.24) is 4.98 Å². The van der Waals surface area contributed by atoms with Gasteiger partial charge in [0.2, 0.25) is 0 Å². The Kier molecular flexibility index (Phi) is 5.48. The fraction of sp³-hybridized carbons (Fsp3) is 0.160. The molecular formula is C25H21FN2O4. The second-order valence-corrected chi connectivity index (χ2v) is 7.54. The first-order chi connectivity index (χ1) is 15.3. The Morgan fingerprint density at radius 3 is 2.41 bits per heavy atom. The summed E-state index contributed by atoms with van der Waals surface area (Å²) in [5, 5.41) is 11.3. The zero-order valence-corrected chi connectivity index (χ0v) is 17.8. The highest BCUT2D eigenvalue weighted by Crippen LogP contribution is 2.42. The van der Waals surface area contributed by atoms with Crippen molar-refractivity contribution in [2.24, 2.45) is 0 Å². The van der Waals surface area contributed by atoms with E-state index in [0.717, 1.165) is 5.56 Å². The van der Waals surface area contributed by atoms with E-state index in [1.165, 1.54) is 29.2 Å². The highest BCUT2D eigenvalue weighted by atomic mass is 19.1. The highest BCUT2D eigenvalue weighted by Gasteiger charge is 2.47. The molecule has 0 spiro atoms. The average Bonchev–Trinajstić information content (AvgIpc) is 3.06. The number of amides is 1. The van der Waals surface area contributed by atoms with Crippen LogP contribution in [0, 0.1) is 19.7 Å². The molecule has 1 aliphatic rings. The van der Waals surface area contributed by atoms with Crippen molar-refractivity contribution >= 4 is 23.1 Å². The molecule has 0 bridgehead atoms. The van der Waals surface area contributed by atoms with Gasteiger partial charge in [0.25, 0.3) is 11.7 Å². The van der Waals surface area contributed by atoms with E-state index in [4.69, 9.17) is 4.74 Å². The number of carbonyl (C=O) groups excluding carboxylic acids is 2. The molecule has 0 radical (unpaired) electrons. The first-order valence-corrected chi connectivity index (χ1v) is 9.96. The van der Waals surface area contributed by atoms with Crippen LogP contribution < -0.4 is 9.64 Å². The van der Waals surface area contributed by atoms with E-state index in [1.54, 1.807) is 50.6 Å². The molecule has 1 saturated heterocycles. The standard InChI is InChI=1S/C25H21FN2O4/c1-14-13-20(32-3)15(2)12-18(14)23(29)21-22(19-6-4-5-11-27-19)28(25(31)24(21)30)17-9-7-16(26)8-10-17/h4-13,22,29H,1-3H3/b23-21+. The van der Waals surface area contributed by atoms with E-state index in [2.05, 4.69) is 4.98 Å². The van der Waals surface area contributed by atoms with Crippen LogP contribution in [0.5, 0.6) is 5.75 Å². The van der Waals surface area contributed by atoms with Gasteiger partial charge in [-0.1, -0.05) is 6.07 Å². The summed E-state index contributed by atoms with van der Waals surface area (Å²) in [6, 6.07) is 12.9. The summed E-state index contributed by atoms with van der Waals surface area (Å²) in [7, 11) is 1.55. The number of benzene rings is 2. The highest BCUT2D eigenvalue weighted by molar-refractivity contribution is 6.51. The summed E-state index contributed by atoms with van der Waals surface area (Å²) in [6.45, 7) is 3.60. The van der Waals surface area contributed by atoms with E-state index in [0.29, 0.717) is 28.3 Å². The Hall–Kier alpha value is -4.00. The van der Waals surface area contributed by atoms with Crippen molar-refractivity contribution in [3.05, 3.63) is 94.6 Å². The first kappa shape index (κ1) is 21.2. The molecule has 0 saturated carbocycles. The largest absolute Gasteiger partial charge is 0.507 e. The maximum atomic E-state index is 13.5. The number of aliphatic hydroxyl groups is 1. The van der Waals surface area contributed by atoms with Crippen LogP contribution in [0.1, 0.15) is 28.4 Å². The van der Waals surface area contributed by atoms with Gasteiger partial charge in [-0.05, 0) is 73.5 Å². The minimum absolute atomic E-state index is 0.0781. The number of hydrogen-bond donors (Lipinski definition) is 1. The summed E-state index contributed by atoms with van der Waals surface area (Å²) in [4.78, 5) is 31.8. The number of methoxy groups -OCH3 is 1. The van der Waals surface area contributed by atoms with Gasteiger partial charge >= 0.3 is 0 Å². The predicted octanol–water partition coefficient (Wildman–Crippen LogP) is 4.47. The van der Waals surface area contributed by atoms with Crippen molar-refractivity contribution in [2.45, 2.75) is 19.9 Å². The van der Waals surface area contributed by atoms with E-state index in [9.17, 15) is 19.1 Å². The van der Waals surface area contributed by atoms with Crippen LogP contribution in [0.4, 0.5) is 10.1 Å². The van der Waals surface area contributed by atoms with Gasteiger partial charge < -0.3 is 9.84 Å². The second-order valence-electron chi connectivity index (χ2n) is 7.54. The van der Waals surface area contributed by atoms with E-state index >= 15 is 0 Å². The van der Waals surface area contributed by atoms with Gasteiger partial charge in [0.05, 0.1) is 18.4 Å². The number of aliphatic hydroxyl groups excluding tert-OH is 1. The number of pyridine rings is 1. The fourth-order valence-electron chi connectivity index (χ4n) is 3.93. The molecule has 0 aliphatic carbocycles. The van der Waals surface area contributed by atoms with Gasteiger partial charge in [-0.15, -0.1) is 0 Å². The lowest BCUT2D eigenvalue weighted by Gasteiger charge is -2.24. The Morgan fingerprint density at radius 2 is 1.78 bits per heavy atom. The van der Waals surface area contributed by atoms with Crippen LogP contribution in [-0.4, -0.2) is 28.9 Å². The fourth-order valence-corrected chi connectivity index (χ4v) is 3.93. The molecular weight excluding hydrogens is 411 g/mol. The van der Waals surface area contributed by atoms with Gasteiger partial charge in [-0.2, -0.15) is 0 Å². The van der Waals surface area contributed by atoms with Gasteiger partial charge in [-0.25, -0.2) is 4.39 Å². The van der Waals surface area contributed by atoms with Crippen molar-refractivity contribution in [3.8, 4) is 5.75 Å². The van der Waals surface area contributed by atoms with Crippen LogP contribution in [0.2, 0.25) is 0 Å². The van der Waals surface area contributed by atoms with Gasteiger partial charge in [-0.3, -0.25) is 19.5 Å². The molecule has 7 heteroatoms. The van der Waals surface area contributed by atoms with Crippen molar-refractivity contribution in [1.29, 1.82) is 0 Å². The summed E-state index contributed by atoms with van der Waals surface area (Å²) in [5.74, 6) is -1.78. The summed E-state index contributed by atoms with van der Waals surface area (Å²) in [5.41, 5.74) is 2.51. The van der Waals surface area contributed by atoms with Crippen LogP contribution >= 0.6 is 0 Å². The third-order valence-electron chi connectivity index (χ3n) is 5.51. The molecule has 162 valence electrons. The maximum Gasteiger partial charge on any atom is 0.300 e. The Balaban J connectivity index is 1.96. The molecule has 1 atom stereocenters. The van der Waals surface area contributed by atoms with E-state index in [1.807, 2.05) is 6.92 Å². The topological polar surface area (TPSA) is 79.7 Å². The SMILES string of the molecule is COc1cc(C)c(/C(O)=C2\C(=O)C(=O)N(c3ccc(F)cc3)C2c2ccccn2)cc1C. The number of Topliss-reactive ketones (excluding diaryl/α,β-unsaturated/α-hetero) is 1. The van der Waals surface area contributed by atoms with E-state index in [-0.39, 0.29) is 11.3 Å². The molecule has 1 aromatic heterocycles. The van der Waals surface area contributed by atoms with Crippen LogP contribution in [0.25, 0.3) is 5.76 Å². The lowest BCUT2D eigenvalue weighted by molar-refractivity contribution is -0.132. The number of ketones is 1. The third kappa shape index (κ3) is 3.51. The molecule has 3 aromatic rings. The summed E-state index contributed by atoms with van der Waals surface area (Å²) >= 11 is 0. The number of rotatable bonds is 4. The molecule has 1 fully saturated rings. The smallest absolute Gasteiger partial charge is 0.300 e. The Morgan fingerprint density at radius 1 is 1.06 bits per heavy atom. The van der Waals surface area contributed by atoms with Crippen molar-refractivity contribution < 1.29 is 23.8 Å². The molecule has 1 aliphatic heterocycles. The molecule has 1 N–H and O–H groups in total. The summed E-state index contributed by atoms with van der Waals surface area (Å²) in [6.07, 6.45) is 1.54. The van der Waals surface area contributed by atoms with Gasteiger partial charge in [0.15, 0.2) is 0 Å². The Bertz CT molecular complexity index is 1240. The number of anilines is 1. The number of nitrogens with zero attached hydrogens (tertiary/aromatic N) is 2. The minimum atomic E-state index is -0.969. The molecule has 2 heterocycles. The molecule has 4 rings (SSSR count). The number of hydrogen-bond acceptors (Lipinski definition) is 5. The van der Waals surface area contributed by atoms with Gasteiger partial charge in [0, 0.05) is 17.4 Å². The number of halogens is 1. The molecule has 1 unspecified atom stereocenters.